The molecule has 2 aliphatic rings. The van der Waals surface area contributed by atoms with E-state index in [2.05, 4.69) is 37.8 Å². The van der Waals surface area contributed by atoms with Crippen LogP contribution < -0.4 is 10.5 Å². The van der Waals surface area contributed by atoms with E-state index < -0.39 is 0 Å². The van der Waals surface area contributed by atoms with E-state index in [4.69, 9.17) is 10.5 Å². The first kappa shape index (κ1) is 22.1. The number of nitrogens with zero attached hydrogens (tertiary/aromatic N) is 4. The molecular formula is C28H31N5O2. The molecular weight excluding hydrogens is 438 g/mol. The molecule has 7 nitrogen and oxygen atoms in total. The SMILES string of the molecule is Nc1ncnc2c1c(-c1ccc(Oc3ccccc3)cc1)cn2C1CCC(N2CCC(O)C2)CC1. The molecule has 7 heteroatoms. The van der Waals surface area contributed by atoms with Crippen molar-refractivity contribution >= 4 is 16.9 Å². The Balaban J connectivity index is 1.26. The fourth-order valence-corrected chi connectivity index (χ4v) is 5.73. The molecule has 0 spiro atoms. The maximum Gasteiger partial charge on any atom is 0.146 e. The number of ether oxygens (including phenoxy) is 1. The van der Waals surface area contributed by atoms with Crippen LogP contribution in [0.25, 0.3) is 22.2 Å². The molecule has 1 atom stereocenters. The van der Waals surface area contributed by atoms with Gasteiger partial charge in [0.15, 0.2) is 0 Å². The molecule has 1 aliphatic carbocycles. The molecule has 4 aromatic rings. The first-order chi connectivity index (χ1) is 17.2. The van der Waals surface area contributed by atoms with Crippen molar-refractivity contribution in [1.29, 1.82) is 0 Å². The Hall–Kier alpha value is -3.42. The molecule has 1 unspecified atom stereocenters. The summed E-state index contributed by atoms with van der Waals surface area (Å²) < 4.78 is 8.28. The van der Waals surface area contributed by atoms with E-state index >= 15 is 0 Å². The first-order valence-electron chi connectivity index (χ1n) is 12.5. The third-order valence-electron chi connectivity index (χ3n) is 7.55. The number of nitrogens with two attached hydrogens (primary N) is 1. The van der Waals surface area contributed by atoms with Gasteiger partial charge in [0, 0.05) is 36.9 Å². The number of aliphatic hydroxyl groups is 1. The Morgan fingerprint density at radius 1 is 0.857 bits per heavy atom. The Kier molecular flexibility index (Phi) is 5.88. The van der Waals surface area contributed by atoms with Crippen LogP contribution in [-0.2, 0) is 0 Å². The Bertz CT molecular complexity index is 1300. The molecule has 1 saturated heterocycles. The number of nitrogen functional groups attached to an aromatic ring is 1. The van der Waals surface area contributed by atoms with Crippen LogP contribution >= 0.6 is 0 Å². The second-order valence-corrected chi connectivity index (χ2v) is 9.75. The Morgan fingerprint density at radius 2 is 1.57 bits per heavy atom. The van der Waals surface area contributed by atoms with Crippen molar-refractivity contribution in [3.05, 3.63) is 67.1 Å². The lowest BCUT2D eigenvalue weighted by Crippen LogP contribution is -2.37. The Morgan fingerprint density at radius 3 is 2.29 bits per heavy atom. The van der Waals surface area contributed by atoms with Crippen molar-refractivity contribution in [2.24, 2.45) is 0 Å². The highest BCUT2D eigenvalue weighted by Crippen LogP contribution is 2.39. The number of likely N-dealkylation sites (tertiary alicyclic amines) is 1. The first-order valence-corrected chi connectivity index (χ1v) is 12.5. The summed E-state index contributed by atoms with van der Waals surface area (Å²) >= 11 is 0. The number of aromatic nitrogens is 3. The van der Waals surface area contributed by atoms with Crippen molar-refractivity contribution in [2.75, 3.05) is 18.8 Å². The minimum absolute atomic E-state index is 0.159. The number of rotatable bonds is 5. The van der Waals surface area contributed by atoms with E-state index in [0.29, 0.717) is 17.9 Å². The van der Waals surface area contributed by atoms with E-state index in [0.717, 1.165) is 78.9 Å². The smallest absolute Gasteiger partial charge is 0.146 e. The van der Waals surface area contributed by atoms with Gasteiger partial charge in [-0.25, -0.2) is 9.97 Å². The molecule has 2 fully saturated rings. The summed E-state index contributed by atoms with van der Waals surface area (Å²) in [6.45, 7) is 1.83. The zero-order valence-electron chi connectivity index (χ0n) is 19.8. The second-order valence-electron chi connectivity index (χ2n) is 9.75. The number of aliphatic hydroxyl groups excluding tert-OH is 1. The number of hydrogen-bond acceptors (Lipinski definition) is 6. The highest BCUT2D eigenvalue weighted by Gasteiger charge is 2.32. The van der Waals surface area contributed by atoms with Crippen LogP contribution in [0.1, 0.15) is 38.1 Å². The molecule has 0 radical (unpaired) electrons. The average Bonchev–Trinajstić information content (AvgIpc) is 3.50. The van der Waals surface area contributed by atoms with Crippen LogP contribution in [-0.4, -0.2) is 49.8 Å². The fraction of sp³-hybridized carbons (Fsp3) is 0.357. The van der Waals surface area contributed by atoms with Crippen LogP contribution in [0.5, 0.6) is 11.5 Å². The lowest BCUT2D eigenvalue weighted by Gasteiger charge is -2.35. The summed E-state index contributed by atoms with van der Waals surface area (Å²) in [5, 5.41) is 10.8. The third kappa shape index (κ3) is 4.37. The summed E-state index contributed by atoms with van der Waals surface area (Å²) in [6, 6.07) is 18.8. The van der Waals surface area contributed by atoms with Gasteiger partial charge in [0.25, 0.3) is 0 Å². The minimum atomic E-state index is -0.159. The molecule has 3 N–H and O–H groups in total. The van der Waals surface area contributed by atoms with E-state index in [-0.39, 0.29) is 6.10 Å². The lowest BCUT2D eigenvalue weighted by molar-refractivity contribution is 0.132. The predicted octanol–water partition coefficient (Wildman–Crippen LogP) is 5.02. The summed E-state index contributed by atoms with van der Waals surface area (Å²) in [7, 11) is 0. The van der Waals surface area contributed by atoms with E-state index in [1.165, 1.54) is 0 Å². The molecule has 1 saturated carbocycles. The summed E-state index contributed by atoms with van der Waals surface area (Å²) in [5.41, 5.74) is 9.38. The van der Waals surface area contributed by atoms with Crippen LogP contribution in [0, 0.1) is 0 Å². The number of benzene rings is 2. The predicted molar refractivity (Wildman–Crippen MR) is 137 cm³/mol. The number of para-hydroxylation sites is 1. The lowest BCUT2D eigenvalue weighted by atomic mass is 9.90. The summed E-state index contributed by atoms with van der Waals surface area (Å²) in [4.78, 5) is 11.4. The monoisotopic (exact) mass is 469 g/mol. The van der Waals surface area contributed by atoms with Crippen molar-refractivity contribution in [1.82, 2.24) is 19.4 Å². The minimum Gasteiger partial charge on any atom is -0.457 e. The summed E-state index contributed by atoms with van der Waals surface area (Å²) in [6.07, 6.45) is 8.96. The van der Waals surface area contributed by atoms with Crippen molar-refractivity contribution in [3.63, 3.8) is 0 Å². The molecule has 1 aliphatic heterocycles. The van der Waals surface area contributed by atoms with Crippen LogP contribution in [0.2, 0.25) is 0 Å². The third-order valence-corrected chi connectivity index (χ3v) is 7.55. The quantitative estimate of drug-likeness (QED) is 0.426. The molecule has 6 rings (SSSR count). The zero-order valence-corrected chi connectivity index (χ0v) is 19.8. The second kappa shape index (κ2) is 9.32. The number of hydrogen-bond donors (Lipinski definition) is 2. The standard InChI is InChI=1S/C28H31N5O2/c29-27-26-25(19-6-12-24(13-7-19)35-23-4-2-1-3-5-23)17-33(28(26)31-18-30-27)21-10-8-20(9-11-21)32-15-14-22(34)16-32/h1-7,12-13,17-18,20-22,34H,8-11,14-16H2,(H2,29,30,31). The van der Waals surface area contributed by atoms with Gasteiger partial charge in [-0.15, -0.1) is 0 Å². The molecule has 180 valence electrons. The van der Waals surface area contributed by atoms with Gasteiger partial charge in [-0.05, 0) is 61.9 Å². The molecule has 0 bridgehead atoms. The topological polar surface area (TPSA) is 89.4 Å². The normalized spacial score (nSPS) is 23.1. The van der Waals surface area contributed by atoms with Crippen molar-refractivity contribution < 1.29 is 9.84 Å². The van der Waals surface area contributed by atoms with Gasteiger partial charge in [0.2, 0.25) is 0 Å². The highest BCUT2D eigenvalue weighted by atomic mass is 16.5. The highest BCUT2D eigenvalue weighted by molar-refractivity contribution is 6.00. The van der Waals surface area contributed by atoms with Gasteiger partial charge in [0.05, 0.1) is 11.5 Å². The van der Waals surface area contributed by atoms with Gasteiger partial charge in [-0.3, -0.25) is 4.90 Å². The van der Waals surface area contributed by atoms with E-state index in [9.17, 15) is 5.11 Å². The molecule has 35 heavy (non-hydrogen) atoms. The van der Waals surface area contributed by atoms with Crippen LogP contribution in [0.4, 0.5) is 5.82 Å². The van der Waals surface area contributed by atoms with E-state index in [1.807, 2.05) is 42.5 Å². The van der Waals surface area contributed by atoms with Gasteiger partial charge in [-0.2, -0.15) is 0 Å². The zero-order chi connectivity index (χ0) is 23.8. The maximum atomic E-state index is 9.93. The van der Waals surface area contributed by atoms with Gasteiger partial charge < -0.3 is 20.1 Å². The number of fused-ring (bicyclic) bond motifs is 1. The van der Waals surface area contributed by atoms with Crippen molar-refractivity contribution in [3.8, 4) is 22.6 Å². The summed E-state index contributed by atoms with van der Waals surface area (Å²) in [5.74, 6) is 2.11. The van der Waals surface area contributed by atoms with Gasteiger partial charge in [0.1, 0.15) is 29.3 Å². The average molecular weight is 470 g/mol. The van der Waals surface area contributed by atoms with Crippen molar-refractivity contribution in [2.45, 2.75) is 50.3 Å². The Labute approximate surface area is 205 Å². The van der Waals surface area contributed by atoms with E-state index in [1.54, 1.807) is 6.33 Å². The number of anilines is 1. The molecule has 0 amide bonds. The number of β-amino-alcohol motifs (C(OH)–C–C–N with tert-alkyl or cyclic N) is 1. The molecule has 2 aromatic heterocycles. The molecule has 2 aromatic carbocycles. The molecule has 3 heterocycles. The fourth-order valence-electron chi connectivity index (χ4n) is 5.73. The maximum absolute atomic E-state index is 9.93. The van der Waals surface area contributed by atoms with Gasteiger partial charge >= 0.3 is 0 Å². The van der Waals surface area contributed by atoms with Gasteiger partial charge in [-0.1, -0.05) is 30.3 Å². The van der Waals surface area contributed by atoms with Crippen LogP contribution in [0.3, 0.4) is 0 Å². The van der Waals surface area contributed by atoms with Crippen LogP contribution in [0.15, 0.2) is 67.1 Å². The largest absolute Gasteiger partial charge is 0.457 e.